The van der Waals surface area contributed by atoms with E-state index in [1.54, 1.807) is 0 Å². The molecule has 1 saturated heterocycles. The highest BCUT2D eigenvalue weighted by atomic mass is 16.6. The van der Waals surface area contributed by atoms with Crippen molar-refractivity contribution >= 4 is 17.3 Å². The average Bonchev–Trinajstić information content (AvgIpc) is 2.47. The Hall–Kier alpha value is -1.97. The SMILES string of the molecule is NNc1ccc([N+](=O)[O-])c(N2CCN(CCO)CC2)n1. The van der Waals surface area contributed by atoms with Crippen LogP contribution in [-0.2, 0) is 0 Å². The van der Waals surface area contributed by atoms with Gasteiger partial charge in [-0.25, -0.2) is 10.8 Å². The minimum Gasteiger partial charge on any atom is -0.395 e. The highest BCUT2D eigenvalue weighted by Gasteiger charge is 2.25. The lowest BCUT2D eigenvalue weighted by atomic mass is 10.2. The fourth-order valence-corrected chi connectivity index (χ4v) is 2.22. The van der Waals surface area contributed by atoms with Crippen LogP contribution < -0.4 is 16.2 Å². The minimum absolute atomic E-state index is 0.0281. The summed E-state index contributed by atoms with van der Waals surface area (Å²) in [5.41, 5.74) is 2.37. The van der Waals surface area contributed by atoms with Crippen molar-refractivity contribution in [2.75, 3.05) is 49.7 Å². The van der Waals surface area contributed by atoms with E-state index in [1.165, 1.54) is 12.1 Å². The van der Waals surface area contributed by atoms with Gasteiger partial charge >= 0.3 is 5.69 Å². The largest absolute Gasteiger partial charge is 0.395 e. The first-order valence-corrected chi connectivity index (χ1v) is 6.36. The Morgan fingerprint density at radius 2 is 2.10 bits per heavy atom. The van der Waals surface area contributed by atoms with Gasteiger partial charge in [-0.3, -0.25) is 15.0 Å². The summed E-state index contributed by atoms with van der Waals surface area (Å²) in [6.07, 6.45) is 0. The third-order valence-electron chi connectivity index (χ3n) is 3.29. The molecule has 1 aromatic heterocycles. The van der Waals surface area contributed by atoms with Gasteiger partial charge in [0.2, 0.25) is 5.82 Å². The second-order valence-electron chi connectivity index (χ2n) is 4.49. The zero-order valence-corrected chi connectivity index (χ0v) is 11.0. The van der Waals surface area contributed by atoms with E-state index in [0.29, 0.717) is 31.3 Å². The predicted octanol–water partition coefficient (Wildman–Crippen LogP) is -0.610. The first-order chi connectivity index (χ1) is 9.65. The minimum atomic E-state index is -0.442. The Morgan fingerprint density at radius 1 is 1.40 bits per heavy atom. The van der Waals surface area contributed by atoms with Gasteiger partial charge in [0.05, 0.1) is 11.5 Å². The Labute approximate surface area is 116 Å². The van der Waals surface area contributed by atoms with Crippen molar-refractivity contribution in [3.8, 4) is 0 Å². The number of nitro groups is 1. The number of aromatic nitrogens is 1. The Bertz CT molecular complexity index is 475. The topological polar surface area (TPSA) is 121 Å². The lowest BCUT2D eigenvalue weighted by molar-refractivity contribution is -0.384. The highest BCUT2D eigenvalue weighted by Crippen LogP contribution is 2.28. The monoisotopic (exact) mass is 282 g/mol. The third-order valence-corrected chi connectivity index (χ3v) is 3.29. The number of aliphatic hydroxyl groups excluding tert-OH is 1. The molecular weight excluding hydrogens is 264 g/mol. The molecule has 1 aliphatic heterocycles. The first-order valence-electron chi connectivity index (χ1n) is 6.36. The number of hydrogen-bond donors (Lipinski definition) is 3. The van der Waals surface area contributed by atoms with Crippen molar-refractivity contribution in [3.05, 3.63) is 22.2 Å². The molecule has 1 fully saturated rings. The van der Waals surface area contributed by atoms with Crippen LogP contribution in [0.4, 0.5) is 17.3 Å². The van der Waals surface area contributed by atoms with Crippen molar-refractivity contribution < 1.29 is 10.0 Å². The van der Waals surface area contributed by atoms with Gasteiger partial charge in [-0.2, -0.15) is 0 Å². The van der Waals surface area contributed by atoms with Crippen molar-refractivity contribution in [1.82, 2.24) is 9.88 Å². The van der Waals surface area contributed by atoms with Gasteiger partial charge in [0.25, 0.3) is 0 Å². The van der Waals surface area contributed by atoms with Gasteiger partial charge in [0.15, 0.2) is 0 Å². The molecule has 0 radical (unpaired) electrons. The van der Waals surface area contributed by atoms with Crippen molar-refractivity contribution in [2.45, 2.75) is 0 Å². The zero-order chi connectivity index (χ0) is 14.5. The lowest BCUT2D eigenvalue weighted by Gasteiger charge is -2.34. The van der Waals surface area contributed by atoms with Crippen LogP contribution in [0, 0.1) is 10.1 Å². The maximum atomic E-state index is 11.1. The summed E-state index contributed by atoms with van der Waals surface area (Å²) in [7, 11) is 0. The zero-order valence-electron chi connectivity index (χ0n) is 11.0. The van der Waals surface area contributed by atoms with Gasteiger partial charge in [0, 0.05) is 38.8 Å². The van der Waals surface area contributed by atoms with E-state index >= 15 is 0 Å². The summed E-state index contributed by atoms with van der Waals surface area (Å²) in [5, 5.41) is 20.0. The number of aliphatic hydroxyl groups is 1. The molecule has 9 heteroatoms. The summed E-state index contributed by atoms with van der Waals surface area (Å²) in [6.45, 7) is 3.46. The number of nitrogens with zero attached hydrogens (tertiary/aromatic N) is 4. The van der Waals surface area contributed by atoms with Crippen LogP contribution in [0.5, 0.6) is 0 Å². The number of β-amino-alcohol motifs (C(OH)–C–C–N with tert-alkyl or cyclic N) is 1. The fraction of sp³-hybridized carbons (Fsp3) is 0.545. The number of rotatable bonds is 5. The van der Waals surface area contributed by atoms with Crippen LogP contribution in [0.3, 0.4) is 0 Å². The number of hydrogen-bond acceptors (Lipinski definition) is 8. The molecule has 4 N–H and O–H groups in total. The Morgan fingerprint density at radius 3 is 2.65 bits per heavy atom. The van der Waals surface area contributed by atoms with E-state index in [9.17, 15) is 10.1 Å². The molecular formula is C11H18N6O3. The number of nitrogens with one attached hydrogen (secondary N) is 1. The summed E-state index contributed by atoms with van der Waals surface area (Å²) in [5.74, 6) is 6.02. The number of nitrogen functional groups attached to an aromatic ring is 1. The third kappa shape index (κ3) is 3.13. The van der Waals surface area contributed by atoms with Gasteiger partial charge in [-0.05, 0) is 6.07 Å². The van der Waals surface area contributed by atoms with Crippen molar-refractivity contribution in [1.29, 1.82) is 0 Å². The molecule has 2 heterocycles. The van der Waals surface area contributed by atoms with E-state index < -0.39 is 4.92 Å². The van der Waals surface area contributed by atoms with Crippen LogP contribution in [0.15, 0.2) is 12.1 Å². The van der Waals surface area contributed by atoms with Gasteiger partial charge in [-0.15, -0.1) is 0 Å². The molecule has 9 nitrogen and oxygen atoms in total. The summed E-state index contributed by atoms with van der Waals surface area (Å²) < 4.78 is 0. The number of nitrogens with two attached hydrogens (primary N) is 1. The molecule has 0 aromatic carbocycles. The van der Waals surface area contributed by atoms with E-state index in [0.717, 1.165) is 13.1 Å². The maximum absolute atomic E-state index is 11.1. The standard InChI is InChI=1S/C11H18N6O3/c12-14-10-2-1-9(17(19)20)11(13-10)16-5-3-15(4-6-16)7-8-18/h1-2,18H,3-8,12H2,(H,13,14). The predicted molar refractivity (Wildman–Crippen MR) is 74.4 cm³/mol. The molecule has 0 bridgehead atoms. The molecule has 0 unspecified atom stereocenters. The summed E-state index contributed by atoms with van der Waals surface area (Å²) >= 11 is 0. The van der Waals surface area contributed by atoms with Gasteiger partial charge in [-0.1, -0.05) is 0 Å². The first kappa shape index (κ1) is 14.4. The van der Waals surface area contributed by atoms with Crippen molar-refractivity contribution in [2.24, 2.45) is 5.84 Å². The Balaban J connectivity index is 2.17. The highest BCUT2D eigenvalue weighted by molar-refractivity contribution is 5.61. The quantitative estimate of drug-likeness (QED) is 0.371. The van der Waals surface area contributed by atoms with Crippen LogP contribution >= 0.6 is 0 Å². The lowest BCUT2D eigenvalue weighted by Crippen LogP contribution is -2.47. The second-order valence-corrected chi connectivity index (χ2v) is 4.49. The van der Waals surface area contributed by atoms with Crippen LogP contribution in [0.2, 0.25) is 0 Å². The van der Waals surface area contributed by atoms with E-state index in [4.69, 9.17) is 10.9 Å². The molecule has 0 amide bonds. The van der Waals surface area contributed by atoms with E-state index in [1.807, 2.05) is 4.90 Å². The molecule has 110 valence electrons. The van der Waals surface area contributed by atoms with Crippen molar-refractivity contribution in [3.63, 3.8) is 0 Å². The number of piperazine rings is 1. The Kier molecular flexibility index (Phi) is 4.66. The van der Waals surface area contributed by atoms with Crippen LogP contribution in [-0.4, -0.2) is 59.2 Å². The van der Waals surface area contributed by atoms with Gasteiger partial charge < -0.3 is 15.4 Å². The molecule has 20 heavy (non-hydrogen) atoms. The number of hydrazine groups is 1. The van der Waals surface area contributed by atoms with Crippen LogP contribution in [0.1, 0.15) is 0 Å². The van der Waals surface area contributed by atoms with Gasteiger partial charge in [0.1, 0.15) is 5.82 Å². The smallest absolute Gasteiger partial charge is 0.311 e. The molecule has 1 aliphatic rings. The van der Waals surface area contributed by atoms with E-state index in [2.05, 4.69) is 15.3 Å². The molecule has 0 atom stereocenters. The summed E-state index contributed by atoms with van der Waals surface area (Å²) in [6, 6.07) is 2.88. The number of pyridine rings is 1. The molecule has 2 rings (SSSR count). The second kappa shape index (κ2) is 6.46. The van der Waals surface area contributed by atoms with Crippen LogP contribution in [0.25, 0.3) is 0 Å². The molecule has 0 spiro atoms. The average molecular weight is 282 g/mol. The number of anilines is 2. The normalized spacial score (nSPS) is 16.2. The molecule has 0 saturated carbocycles. The summed E-state index contributed by atoms with van der Waals surface area (Å²) in [4.78, 5) is 18.8. The molecule has 0 aliphatic carbocycles. The van der Waals surface area contributed by atoms with E-state index in [-0.39, 0.29) is 12.3 Å². The maximum Gasteiger partial charge on any atom is 0.311 e. The molecule has 1 aromatic rings. The fourth-order valence-electron chi connectivity index (χ4n) is 2.22.